The highest BCUT2D eigenvalue weighted by Gasteiger charge is 2.14. The second kappa shape index (κ2) is 8.36. The number of benzene rings is 2. The Hall–Kier alpha value is -2.53. The minimum absolute atomic E-state index is 0.189. The van der Waals surface area contributed by atoms with Crippen LogP contribution in [0.4, 0.5) is 0 Å². The van der Waals surface area contributed by atoms with Gasteiger partial charge in [0.2, 0.25) is 0 Å². The highest BCUT2D eigenvalue weighted by Crippen LogP contribution is 2.25. The molecule has 128 valence electrons. The fourth-order valence-electron chi connectivity index (χ4n) is 2.37. The number of hydrogen-bond donors (Lipinski definition) is 2. The number of nitrogens with one attached hydrogen (secondary N) is 1. The van der Waals surface area contributed by atoms with Crippen LogP contribution >= 0.6 is 0 Å². The zero-order chi connectivity index (χ0) is 17.5. The van der Waals surface area contributed by atoms with E-state index in [9.17, 15) is 4.79 Å². The molecule has 0 aliphatic heterocycles. The van der Waals surface area contributed by atoms with E-state index in [1.54, 1.807) is 25.3 Å². The van der Waals surface area contributed by atoms with Crippen LogP contribution in [0, 0.1) is 13.8 Å². The van der Waals surface area contributed by atoms with Crippen molar-refractivity contribution in [1.82, 2.24) is 5.32 Å². The average Bonchev–Trinajstić information content (AvgIpc) is 2.60. The zero-order valence-electron chi connectivity index (χ0n) is 14.4. The Kier molecular flexibility index (Phi) is 6.21. The predicted molar refractivity (Wildman–Crippen MR) is 94.6 cm³/mol. The molecule has 0 fully saturated rings. The van der Waals surface area contributed by atoms with Crippen molar-refractivity contribution in [2.75, 3.05) is 20.3 Å². The smallest absolute Gasteiger partial charge is 0.255 e. The van der Waals surface area contributed by atoms with Gasteiger partial charge in [0, 0.05) is 19.2 Å². The van der Waals surface area contributed by atoms with Gasteiger partial charge in [-0.1, -0.05) is 23.8 Å². The average molecular weight is 328 g/mol. The summed E-state index contributed by atoms with van der Waals surface area (Å²) in [4.78, 5) is 12.5. The van der Waals surface area contributed by atoms with Gasteiger partial charge >= 0.3 is 0 Å². The molecule has 0 bridgehead atoms. The van der Waals surface area contributed by atoms with E-state index in [1.807, 2.05) is 13.8 Å². The number of carbonyl (C=O) groups excluding carboxylic acids is 1. The fourth-order valence-corrected chi connectivity index (χ4v) is 2.37. The second-order valence-corrected chi connectivity index (χ2v) is 5.61. The lowest BCUT2D eigenvalue weighted by atomic mass is 10.1. The lowest BCUT2D eigenvalue weighted by Crippen LogP contribution is -2.24. The van der Waals surface area contributed by atoms with Crippen LogP contribution in [0.5, 0.6) is 11.5 Å². The van der Waals surface area contributed by atoms with Crippen LogP contribution in [0.1, 0.15) is 27.0 Å². The van der Waals surface area contributed by atoms with Crippen molar-refractivity contribution in [1.29, 1.82) is 0 Å². The molecule has 5 heteroatoms. The molecule has 0 aliphatic carbocycles. The molecule has 0 spiro atoms. The summed E-state index contributed by atoms with van der Waals surface area (Å²) in [5.41, 5.74) is 9.36. The minimum atomic E-state index is -0.189. The summed E-state index contributed by atoms with van der Waals surface area (Å²) in [6.07, 6.45) is 0. The first kappa shape index (κ1) is 17.8. The number of ether oxygens (including phenoxy) is 2. The minimum Gasteiger partial charge on any atom is -0.497 e. The van der Waals surface area contributed by atoms with E-state index in [1.165, 1.54) is 5.56 Å². The Labute approximate surface area is 142 Å². The van der Waals surface area contributed by atoms with Crippen LogP contribution in [0.3, 0.4) is 0 Å². The molecular formula is C19H24N2O3. The summed E-state index contributed by atoms with van der Waals surface area (Å²) in [6.45, 7) is 5.25. The van der Waals surface area contributed by atoms with E-state index in [0.29, 0.717) is 36.8 Å². The van der Waals surface area contributed by atoms with Crippen molar-refractivity contribution in [2.45, 2.75) is 20.4 Å². The summed E-state index contributed by atoms with van der Waals surface area (Å²) in [5, 5.41) is 2.95. The van der Waals surface area contributed by atoms with Crippen molar-refractivity contribution in [3.8, 4) is 11.5 Å². The van der Waals surface area contributed by atoms with Gasteiger partial charge < -0.3 is 20.5 Å². The molecule has 2 aromatic rings. The van der Waals surface area contributed by atoms with E-state index in [0.717, 1.165) is 11.1 Å². The van der Waals surface area contributed by atoms with E-state index < -0.39 is 0 Å². The van der Waals surface area contributed by atoms with Crippen LogP contribution in [0.2, 0.25) is 0 Å². The lowest BCUT2D eigenvalue weighted by molar-refractivity contribution is 0.0947. The number of aryl methyl sites for hydroxylation is 2. The van der Waals surface area contributed by atoms with E-state index in [2.05, 4.69) is 23.5 Å². The topological polar surface area (TPSA) is 73.6 Å². The Morgan fingerprint density at radius 2 is 1.96 bits per heavy atom. The van der Waals surface area contributed by atoms with Gasteiger partial charge in [-0.15, -0.1) is 0 Å². The molecule has 0 atom stereocenters. The molecule has 24 heavy (non-hydrogen) atoms. The molecule has 5 nitrogen and oxygen atoms in total. The third kappa shape index (κ3) is 4.49. The number of carbonyl (C=O) groups is 1. The molecule has 3 N–H and O–H groups in total. The maximum Gasteiger partial charge on any atom is 0.255 e. The lowest BCUT2D eigenvalue weighted by Gasteiger charge is -2.13. The Morgan fingerprint density at radius 1 is 1.17 bits per heavy atom. The van der Waals surface area contributed by atoms with Gasteiger partial charge in [-0.2, -0.15) is 0 Å². The molecule has 0 unspecified atom stereocenters. The van der Waals surface area contributed by atoms with Crippen LogP contribution in [0.25, 0.3) is 0 Å². The van der Waals surface area contributed by atoms with Gasteiger partial charge in [-0.3, -0.25) is 4.79 Å². The Bertz CT molecular complexity index is 714. The molecule has 2 aromatic carbocycles. The van der Waals surface area contributed by atoms with E-state index in [-0.39, 0.29) is 5.91 Å². The van der Waals surface area contributed by atoms with Gasteiger partial charge in [0.15, 0.2) is 0 Å². The first-order chi connectivity index (χ1) is 11.5. The summed E-state index contributed by atoms with van der Waals surface area (Å²) in [6, 6.07) is 11.3. The van der Waals surface area contributed by atoms with Crippen molar-refractivity contribution >= 4 is 5.91 Å². The van der Waals surface area contributed by atoms with Crippen molar-refractivity contribution < 1.29 is 14.3 Å². The maximum absolute atomic E-state index is 12.5. The number of methoxy groups -OCH3 is 1. The van der Waals surface area contributed by atoms with Crippen LogP contribution in [0.15, 0.2) is 36.4 Å². The Morgan fingerprint density at radius 3 is 2.67 bits per heavy atom. The van der Waals surface area contributed by atoms with E-state index in [4.69, 9.17) is 15.2 Å². The van der Waals surface area contributed by atoms with Crippen molar-refractivity contribution in [3.05, 3.63) is 58.7 Å². The monoisotopic (exact) mass is 328 g/mol. The van der Waals surface area contributed by atoms with Crippen LogP contribution < -0.4 is 20.5 Å². The molecule has 0 heterocycles. The van der Waals surface area contributed by atoms with Gasteiger partial charge in [0.1, 0.15) is 18.1 Å². The third-order valence-corrected chi connectivity index (χ3v) is 3.75. The SMILES string of the molecule is COc1ccc(C(=O)NCc2cc(C)ccc2C)c(OCCN)c1. The summed E-state index contributed by atoms with van der Waals surface area (Å²) in [5.74, 6) is 0.914. The molecule has 1 amide bonds. The van der Waals surface area contributed by atoms with Crippen molar-refractivity contribution in [2.24, 2.45) is 5.73 Å². The van der Waals surface area contributed by atoms with Gasteiger partial charge in [-0.05, 0) is 37.1 Å². The standard InChI is InChI=1S/C19H24N2O3/c1-13-4-5-14(2)15(10-13)12-21-19(22)17-7-6-16(23-3)11-18(17)24-9-8-20/h4-7,10-11H,8-9,12,20H2,1-3H3,(H,21,22). The fraction of sp³-hybridized carbons (Fsp3) is 0.316. The zero-order valence-corrected chi connectivity index (χ0v) is 14.4. The maximum atomic E-state index is 12.5. The molecular weight excluding hydrogens is 304 g/mol. The quantitative estimate of drug-likeness (QED) is 0.819. The molecule has 0 saturated carbocycles. The second-order valence-electron chi connectivity index (χ2n) is 5.61. The van der Waals surface area contributed by atoms with Crippen LogP contribution in [-0.4, -0.2) is 26.2 Å². The van der Waals surface area contributed by atoms with Gasteiger partial charge in [-0.25, -0.2) is 0 Å². The number of nitrogens with two attached hydrogens (primary N) is 1. The first-order valence-electron chi connectivity index (χ1n) is 7.90. The molecule has 0 saturated heterocycles. The largest absolute Gasteiger partial charge is 0.497 e. The summed E-state index contributed by atoms with van der Waals surface area (Å²) in [7, 11) is 1.57. The number of amides is 1. The number of rotatable bonds is 7. The highest BCUT2D eigenvalue weighted by molar-refractivity contribution is 5.97. The number of hydrogen-bond acceptors (Lipinski definition) is 4. The van der Waals surface area contributed by atoms with Crippen LogP contribution in [-0.2, 0) is 6.54 Å². The molecule has 0 aromatic heterocycles. The molecule has 2 rings (SSSR count). The van der Waals surface area contributed by atoms with E-state index >= 15 is 0 Å². The summed E-state index contributed by atoms with van der Waals surface area (Å²) >= 11 is 0. The molecule has 0 aliphatic rings. The highest BCUT2D eigenvalue weighted by atomic mass is 16.5. The Balaban J connectivity index is 2.15. The van der Waals surface area contributed by atoms with Gasteiger partial charge in [0.05, 0.1) is 12.7 Å². The normalized spacial score (nSPS) is 10.3. The van der Waals surface area contributed by atoms with Gasteiger partial charge in [0.25, 0.3) is 5.91 Å². The summed E-state index contributed by atoms with van der Waals surface area (Å²) < 4.78 is 10.8. The predicted octanol–water partition coefficient (Wildman–Crippen LogP) is 2.58. The third-order valence-electron chi connectivity index (χ3n) is 3.75. The van der Waals surface area contributed by atoms with Crippen molar-refractivity contribution in [3.63, 3.8) is 0 Å². The first-order valence-corrected chi connectivity index (χ1v) is 7.90. The molecule has 0 radical (unpaired) electrons.